The van der Waals surface area contributed by atoms with Crippen LogP contribution in [-0.2, 0) is 12.7 Å². The van der Waals surface area contributed by atoms with Gasteiger partial charge >= 0.3 is 6.18 Å². The molecule has 7 nitrogen and oxygen atoms in total. The number of aromatic nitrogens is 5. The second kappa shape index (κ2) is 7.38. The summed E-state index contributed by atoms with van der Waals surface area (Å²) in [7, 11) is 1.58. The molecule has 2 aromatic carbocycles. The molecule has 0 fully saturated rings. The predicted octanol–water partition coefficient (Wildman–Crippen LogP) is 4.07. The van der Waals surface area contributed by atoms with Crippen molar-refractivity contribution in [2.45, 2.75) is 12.7 Å². The van der Waals surface area contributed by atoms with Crippen molar-refractivity contribution in [3.63, 3.8) is 0 Å². The zero-order valence-electron chi connectivity index (χ0n) is 15.1. The van der Waals surface area contributed by atoms with E-state index in [2.05, 4.69) is 20.4 Å². The summed E-state index contributed by atoms with van der Waals surface area (Å²) < 4.78 is 49.2. The maximum Gasteiger partial charge on any atom is 0.416 e. The van der Waals surface area contributed by atoms with Crippen molar-refractivity contribution in [3.8, 4) is 28.6 Å². The number of benzene rings is 2. The molecule has 0 amide bonds. The van der Waals surface area contributed by atoms with E-state index in [1.165, 1.54) is 23.2 Å². The highest BCUT2D eigenvalue weighted by molar-refractivity contribution is 5.56. The average Bonchev–Trinajstić information content (AvgIpc) is 3.38. The number of hydrogen-bond donors (Lipinski definition) is 0. The summed E-state index contributed by atoms with van der Waals surface area (Å²) in [5.74, 6) is 1.23. The van der Waals surface area contributed by atoms with Gasteiger partial charge in [0.05, 0.1) is 12.7 Å². The van der Waals surface area contributed by atoms with E-state index in [9.17, 15) is 13.2 Å². The predicted molar refractivity (Wildman–Crippen MR) is 95.8 cm³/mol. The third kappa shape index (κ3) is 4.10. The minimum absolute atomic E-state index is 0.0926. The number of oxazole rings is 1. The van der Waals surface area contributed by atoms with Crippen LogP contribution in [0.15, 0.2) is 59.2 Å². The number of alkyl halides is 3. The standard InChI is InChI=1S/C19H14F3N5O2/c1-28-16-7-5-12(6-8-16)18-23-15(11-29-18)10-27-25-17(24-26-27)13-3-2-4-14(9-13)19(20,21)22/h2-9,11H,10H2,1H3. The van der Waals surface area contributed by atoms with Crippen molar-refractivity contribution in [3.05, 3.63) is 66.1 Å². The third-order valence-electron chi connectivity index (χ3n) is 4.09. The lowest BCUT2D eigenvalue weighted by Gasteiger charge is -2.06. The van der Waals surface area contributed by atoms with Gasteiger partial charge in [-0.3, -0.25) is 0 Å². The molecule has 148 valence electrons. The van der Waals surface area contributed by atoms with Gasteiger partial charge in [0.2, 0.25) is 11.7 Å². The van der Waals surface area contributed by atoms with Gasteiger partial charge in [-0.2, -0.15) is 18.0 Å². The molecule has 0 atom stereocenters. The minimum Gasteiger partial charge on any atom is -0.497 e. The Morgan fingerprint density at radius 1 is 1.07 bits per heavy atom. The van der Waals surface area contributed by atoms with Crippen LogP contribution in [0.1, 0.15) is 11.3 Å². The second-order valence-corrected chi connectivity index (χ2v) is 6.09. The lowest BCUT2D eigenvalue weighted by atomic mass is 10.1. The lowest BCUT2D eigenvalue weighted by molar-refractivity contribution is -0.137. The summed E-state index contributed by atoms with van der Waals surface area (Å²) in [4.78, 5) is 5.62. The maximum absolute atomic E-state index is 12.9. The van der Waals surface area contributed by atoms with Gasteiger partial charge in [0, 0.05) is 11.1 Å². The highest BCUT2D eigenvalue weighted by Crippen LogP contribution is 2.31. The Balaban J connectivity index is 1.51. The molecule has 0 bridgehead atoms. The van der Waals surface area contributed by atoms with Crippen LogP contribution in [0.25, 0.3) is 22.8 Å². The zero-order chi connectivity index (χ0) is 20.4. The number of nitrogens with zero attached hydrogens (tertiary/aromatic N) is 5. The Morgan fingerprint density at radius 2 is 1.86 bits per heavy atom. The second-order valence-electron chi connectivity index (χ2n) is 6.09. The summed E-state index contributed by atoms with van der Waals surface area (Å²) in [5, 5.41) is 11.8. The van der Waals surface area contributed by atoms with E-state index >= 15 is 0 Å². The number of hydrogen-bond acceptors (Lipinski definition) is 6. The normalized spacial score (nSPS) is 11.6. The molecule has 0 saturated heterocycles. The van der Waals surface area contributed by atoms with Crippen molar-refractivity contribution in [2.24, 2.45) is 0 Å². The summed E-state index contributed by atoms with van der Waals surface area (Å²) >= 11 is 0. The average molecular weight is 401 g/mol. The molecule has 2 heterocycles. The van der Waals surface area contributed by atoms with Crippen molar-refractivity contribution < 1.29 is 22.3 Å². The maximum atomic E-state index is 12.9. The SMILES string of the molecule is COc1ccc(-c2nc(Cn3nnc(-c4cccc(C(F)(F)F)c4)n3)co2)cc1. The van der Waals surface area contributed by atoms with Gasteiger partial charge in [-0.05, 0) is 41.6 Å². The molecule has 0 aliphatic rings. The van der Waals surface area contributed by atoms with Crippen LogP contribution in [0.4, 0.5) is 13.2 Å². The van der Waals surface area contributed by atoms with Crippen molar-refractivity contribution in [1.82, 2.24) is 25.2 Å². The largest absolute Gasteiger partial charge is 0.497 e. The van der Waals surface area contributed by atoms with Crippen molar-refractivity contribution in [1.29, 1.82) is 0 Å². The Labute approximate surface area is 162 Å². The van der Waals surface area contributed by atoms with Gasteiger partial charge in [0.15, 0.2) is 0 Å². The number of tetrazole rings is 1. The van der Waals surface area contributed by atoms with Gasteiger partial charge in [0.25, 0.3) is 0 Å². The van der Waals surface area contributed by atoms with Crippen LogP contribution < -0.4 is 4.74 Å². The fraction of sp³-hybridized carbons (Fsp3) is 0.158. The molecule has 0 aliphatic heterocycles. The number of methoxy groups -OCH3 is 1. The topological polar surface area (TPSA) is 78.9 Å². The Kier molecular flexibility index (Phi) is 4.75. The molecule has 0 saturated carbocycles. The molecule has 0 N–H and O–H groups in total. The van der Waals surface area contributed by atoms with Gasteiger partial charge in [0.1, 0.15) is 24.3 Å². The van der Waals surface area contributed by atoms with E-state index in [-0.39, 0.29) is 17.9 Å². The quantitative estimate of drug-likeness (QED) is 0.502. The molecule has 0 radical (unpaired) electrons. The highest BCUT2D eigenvalue weighted by atomic mass is 19.4. The molecule has 0 spiro atoms. The summed E-state index contributed by atoms with van der Waals surface area (Å²) in [6.45, 7) is 0.158. The molecule has 2 aromatic heterocycles. The summed E-state index contributed by atoms with van der Waals surface area (Å²) in [6.07, 6.45) is -2.97. The van der Waals surface area contributed by atoms with E-state index in [0.29, 0.717) is 11.6 Å². The lowest BCUT2D eigenvalue weighted by Crippen LogP contribution is -2.05. The van der Waals surface area contributed by atoms with Crippen molar-refractivity contribution in [2.75, 3.05) is 7.11 Å². The highest BCUT2D eigenvalue weighted by Gasteiger charge is 2.30. The minimum atomic E-state index is -4.44. The summed E-state index contributed by atoms with van der Waals surface area (Å²) in [5.41, 5.74) is 0.772. The molecule has 0 unspecified atom stereocenters. The van der Waals surface area contributed by atoms with E-state index < -0.39 is 11.7 Å². The first-order valence-electron chi connectivity index (χ1n) is 8.46. The zero-order valence-corrected chi connectivity index (χ0v) is 15.1. The smallest absolute Gasteiger partial charge is 0.416 e. The molecule has 10 heteroatoms. The molecule has 0 aliphatic carbocycles. The Morgan fingerprint density at radius 3 is 2.59 bits per heavy atom. The van der Waals surface area contributed by atoms with Gasteiger partial charge in [-0.25, -0.2) is 4.98 Å². The number of ether oxygens (including phenoxy) is 1. The van der Waals surface area contributed by atoms with E-state index in [1.54, 1.807) is 19.2 Å². The van der Waals surface area contributed by atoms with Crippen LogP contribution in [0.2, 0.25) is 0 Å². The van der Waals surface area contributed by atoms with Gasteiger partial charge in [-0.15, -0.1) is 10.2 Å². The molecular weight excluding hydrogens is 387 g/mol. The fourth-order valence-corrected chi connectivity index (χ4v) is 2.65. The first kappa shape index (κ1) is 18.7. The van der Waals surface area contributed by atoms with Crippen LogP contribution in [0.3, 0.4) is 0 Å². The van der Waals surface area contributed by atoms with E-state index in [0.717, 1.165) is 23.4 Å². The van der Waals surface area contributed by atoms with Gasteiger partial charge < -0.3 is 9.15 Å². The first-order valence-corrected chi connectivity index (χ1v) is 8.46. The van der Waals surface area contributed by atoms with Gasteiger partial charge in [-0.1, -0.05) is 12.1 Å². The Bertz CT molecular complexity index is 1120. The van der Waals surface area contributed by atoms with Crippen LogP contribution in [0.5, 0.6) is 5.75 Å². The molecule has 29 heavy (non-hydrogen) atoms. The van der Waals surface area contributed by atoms with E-state index in [1.807, 2.05) is 12.1 Å². The van der Waals surface area contributed by atoms with Crippen LogP contribution in [0, 0.1) is 0 Å². The number of rotatable bonds is 5. The van der Waals surface area contributed by atoms with Crippen LogP contribution in [-0.4, -0.2) is 32.3 Å². The molecule has 4 rings (SSSR count). The fourth-order valence-electron chi connectivity index (χ4n) is 2.65. The third-order valence-corrected chi connectivity index (χ3v) is 4.09. The van der Waals surface area contributed by atoms with Crippen LogP contribution >= 0.6 is 0 Å². The van der Waals surface area contributed by atoms with E-state index in [4.69, 9.17) is 9.15 Å². The molecule has 4 aromatic rings. The Hall–Kier alpha value is -3.69. The first-order chi connectivity index (χ1) is 13.9. The molecular formula is C19H14F3N5O2. The number of halogens is 3. The summed E-state index contributed by atoms with van der Waals surface area (Å²) in [6, 6.07) is 12.0. The monoisotopic (exact) mass is 401 g/mol. The van der Waals surface area contributed by atoms with Crippen molar-refractivity contribution >= 4 is 0 Å².